The Morgan fingerprint density at radius 3 is 2.24 bits per heavy atom. The highest BCUT2D eigenvalue weighted by Gasteiger charge is 2.34. The minimum absolute atomic E-state index is 0.183. The predicted octanol–water partition coefficient (Wildman–Crippen LogP) is 1.24. The lowest BCUT2D eigenvalue weighted by Gasteiger charge is -2.37. The molecule has 3 aliphatic heterocycles. The fraction of sp³-hybridized carbons (Fsp3) is 0.714. The van der Waals surface area contributed by atoms with E-state index in [1.165, 1.54) is 5.56 Å². The topological polar surface area (TPSA) is 56.3 Å². The van der Waals surface area contributed by atoms with Crippen molar-refractivity contribution in [3.8, 4) is 0 Å². The number of rotatable bonds is 6. The summed E-state index contributed by atoms with van der Waals surface area (Å²) in [6.07, 6.45) is 3.21. The van der Waals surface area contributed by atoms with Crippen LogP contribution in [0.5, 0.6) is 0 Å². The summed E-state index contributed by atoms with van der Waals surface area (Å²) in [7, 11) is -3.27. The summed E-state index contributed by atoms with van der Waals surface area (Å²) >= 11 is 0. The number of hydrogen-bond acceptors (Lipinski definition) is 5. The molecule has 1 atom stereocenters. The Hall–Kier alpha value is -1.03. The molecular weight excluding hydrogens is 388 g/mol. The summed E-state index contributed by atoms with van der Waals surface area (Å²) < 4.78 is 34.9. The van der Waals surface area contributed by atoms with Crippen molar-refractivity contribution in [3.05, 3.63) is 35.9 Å². The van der Waals surface area contributed by atoms with Crippen LogP contribution in [0.25, 0.3) is 0 Å². The zero-order valence-electron chi connectivity index (χ0n) is 17.3. The van der Waals surface area contributed by atoms with E-state index in [2.05, 4.69) is 40.1 Å². The summed E-state index contributed by atoms with van der Waals surface area (Å²) in [4.78, 5) is 4.85. The maximum Gasteiger partial charge on any atom is 0.282 e. The van der Waals surface area contributed by atoms with Crippen molar-refractivity contribution < 1.29 is 13.2 Å². The normalized spacial score (nSPS) is 26.6. The molecule has 1 aromatic rings. The van der Waals surface area contributed by atoms with Crippen LogP contribution in [-0.4, -0.2) is 98.4 Å². The Morgan fingerprint density at radius 2 is 1.52 bits per heavy atom. The van der Waals surface area contributed by atoms with Gasteiger partial charge in [0, 0.05) is 72.1 Å². The van der Waals surface area contributed by atoms with Crippen molar-refractivity contribution in [1.82, 2.24) is 18.4 Å². The third-order valence-electron chi connectivity index (χ3n) is 6.19. The summed E-state index contributed by atoms with van der Waals surface area (Å²) in [5.41, 5.74) is 1.34. The molecule has 7 nitrogen and oxygen atoms in total. The quantitative estimate of drug-likeness (QED) is 0.690. The molecule has 0 amide bonds. The van der Waals surface area contributed by atoms with Crippen LogP contribution in [0.1, 0.15) is 24.8 Å². The molecular formula is C21H34N4O3S. The number of hydrogen-bond donors (Lipinski definition) is 0. The zero-order valence-corrected chi connectivity index (χ0v) is 18.1. The van der Waals surface area contributed by atoms with Crippen molar-refractivity contribution in [3.63, 3.8) is 0 Å². The van der Waals surface area contributed by atoms with E-state index >= 15 is 0 Å². The van der Waals surface area contributed by atoms with Gasteiger partial charge in [-0.1, -0.05) is 30.3 Å². The smallest absolute Gasteiger partial charge is 0.282 e. The van der Waals surface area contributed by atoms with Gasteiger partial charge < -0.3 is 4.74 Å². The lowest BCUT2D eigenvalue weighted by Crippen LogP contribution is -2.54. The monoisotopic (exact) mass is 422 g/mol. The van der Waals surface area contributed by atoms with Crippen molar-refractivity contribution >= 4 is 10.2 Å². The first kappa shape index (κ1) is 21.2. The lowest BCUT2D eigenvalue weighted by atomic mass is 10.2. The molecule has 8 heteroatoms. The zero-order chi connectivity index (χ0) is 20.1. The van der Waals surface area contributed by atoms with Gasteiger partial charge in [0.05, 0.1) is 6.10 Å². The van der Waals surface area contributed by atoms with Gasteiger partial charge in [0.15, 0.2) is 0 Å². The summed E-state index contributed by atoms with van der Waals surface area (Å²) in [6.45, 7) is 8.72. The van der Waals surface area contributed by atoms with Crippen LogP contribution in [0, 0.1) is 0 Å². The highest BCUT2D eigenvalue weighted by atomic mass is 32.2. The van der Waals surface area contributed by atoms with Crippen molar-refractivity contribution in [2.24, 2.45) is 0 Å². The van der Waals surface area contributed by atoms with Gasteiger partial charge in [0.2, 0.25) is 0 Å². The summed E-state index contributed by atoms with van der Waals surface area (Å²) in [5, 5.41) is 0. The van der Waals surface area contributed by atoms with Gasteiger partial charge in [0.25, 0.3) is 10.2 Å². The van der Waals surface area contributed by atoms with Crippen LogP contribution in [0.15, 0.2) is 30.3 Å². The van der Waals surface area contributed by atoms with Crippen molar-refractivity contribution in [2.75, 3.05) is 65.5 Å². The second kappa shape index (κ2) is 9.85. The summed E-state index contributed by atoms with van der Waals surface area (Å²) in [5.74, 6) is 0. The fourth-order valence-corrected chi connectivity index (χ4v) is 6.25. The molecule has 1 unspecified atom stereocenters. The minimum atomic E-state index is -3.27. The fourth-order valence-electron chi connectivity index (χ4n) is 4.58. The second-order valence-corrected chi connectivity index (χ2v) is 10.3. The first-order chi connectivity index (χ1) is 14.1. The molecule has 0 aliphatic carbocycles. The van der Waals surface area contributed by atoms with E-state index in [9.17, 15) is 8.42 Å². The van der Waals surface area contributed by atoms with Crippen LogP contribution in [0.2, 0.25) is 0 Å². The number of nitrogens with zero attached hydrogens (tertiary/aromatic N) is 4. The molecule has 1 aromatic carbocycles. The van der Waals surface area contributed by atoms with E-state index in [-0.39, 0.29) is 6.10 Å². The molecule has 4 rings (SSSR count). The third kappa shape index (κ3) is 5.57. The Balaban J connectivity index is 1.27. The van der Waals surface area contributed by atoms with Crippen molar-refractivity contribution in [1.29, 1.82) is 0 Å². The Bertz CT molecular complexity index is 732. The van der Waals surface area contributed by atoms with E-state index in [1.54, 1.807) is 8.61 Å². The minimum Gasteiger partial charge on any atom is -0.376 e. The van der Waals surface area contributed by atoms with Crippen molar-refractivity contribution in [2.45, 2.75) is 31.9 Å². The van der Waals surface area contributed by atoms with Gasteiger partial charge in [-0.25, -0.2) is 0 Å². The average molecular weight is 423 g/mol. The molecule has 29 heavy (non-hydrogen) atoms. The number of piperazine rings is 1. The van der Waals surface area contributed by atoms with Crippen LogP contribution in [0.3, 0.4) is 0 Å². The van der Waals surface area contributed by atoms with E-state index in [0.717, 1.165) is 65.1 Å². The standard InChI is InChI=1S/C21H34N4O3S/c26-29(27,24-10-4-5-11-24)25-14-12-22(13-15-25)18-21-19-23(9-6-16-28-21)17-20-7-2-1-3-8-20/h1-3,7-8,21H,4-6,9-19H2. The first-order valence-corrected chi connectivity index (χ1v) is 12.4. The van der Waals surface area contributed by atoms with E-state index in [4.69, 9.17) is 4.74 Å². The van der Waals surface area contributed by atoms with Gasteiger partial charge in [-0.05, 0) is 24.8 Å². The van der Waals surface area contributed by atoms with Gasteiger partial charge >= 0.3 is 0 Å². The molecule has 0 aromatic heterocycles. The highest BCUT2D eigenvalue weighted by molar-refractivity contribution is 7.86. The Kier molecular flexibility index (Phi) is 7.21. The summed E-state index contributed by atoms with van der Waals surface area (Å²) in [6, 6.07) is 10.6. The molecule has 3 aliphatic rings. The van der Waals surface area contributed by atoms with Crippen LogP contribution >= 0.6 is 0 Å². The highest BCUT2D eigenvalue weighted by Crippen LogP contribution is 2.19. The molecule has 0 spiro atoms. The van der Waals surface area contributed by atoms with E-state index in [0.29, 0.717) is 26.2 Å². The molecule has 3 fully saturated rings. The molecule has 0 bridgehead atoms. The number of ether oxygens (including phenoxy) is 1. The first-order valence-electron chi connectivity index (χ1n) is 11.0. The largest absolute Gasteiger partial charge is 0.376 e. The van der Waals surface area contributed by atoms with Gasteiger partial charge in [-0.15, -0.1) is 0 Å². The van der Waals surface area contributed by atoms with Gasteiger partial charge in [0.1, 0.15) is 0 Å². The maximum atomic E-state index is 12.7. The Morgan fingerprint density at radius 1 is 0.828 bits per heavy atom. The SMILES string of the molecule is O=S(=O)(N1CCCC1)N1CCN(CC2CN(Cc3ccccc3)CCCO2)CC1. The Labute approximate surface area is 175 Å². The molecule has 3 heterocycles. The van der Waals surface area contributed by atoms with E-state index < -0.39 is 10.2 Å². The number of benzene rings is 1. The lowest BCUT2D eigenvalue weighted by molar-refractivity contribution is 0.0188. The molecule has 0 saturated carbocycles. The molecule has 0 N–H and O–H groups in total. The molecule has 3 saturated heterocycles. The van der Waals surface area contributed by atoms with Crippen LogP contribution in [-0.2, 0) is 21.5 Å². The van der Waals surface area contributed by atoms with Crippen LogP contribution in [0.4, 0.5) is 0 Å². The van der Waals surface area contributed by atoms with E-state index in [1.807, 2.05) is 0 Å². The van der Waals surface area contributed by atoms with Gasteiger partial charge in [-0.2, -0.15) is 17.0 Å². The maximum absolute atomic E-state index is 12.7. The molecule has 162 valence electrons. The molecule has 0 radical (unpaired) electrons. The predicted molar refractivity (Wildman–Crippen MR) is 114 cm³/mol. The average Bonchev–Trinajstić information content (AvgIpc) is 3.20. The second-order valence-electron chi connectivity index (χ2n) is 8.38. The third-order valence-corrected chi connectivity index (χ3v) is 8.23. The van der Waals surface area contributed by atoms with Gasteiger partial charge in [-0.3, -0.25) is 9.80 Å². The van der Waals surface area contributed by atoms with Crippen LogP contribution < -0.4 is 0 Å².